The van der Waals surface area contributed by atoms with Crippen molar-refractivity contribution in [3.63, 3.8) is 0 Å². The van der Waals surface area contributed by atoms with Gasteiger partial charge >= 0.3 is 6.03 Å². The zero-order valence-electron chi connectivity index (χ0n) is 17.2. The molecule has 0 atom stereocenters. The van der Waals surface area contributed by atoms with Crippen LogP contribution in [0.2, 0.25) is 5.02 Å². The van der Waals surface area contributed by atoms with E-state index >= 15 is 0 Å². The molecule has 2 heterocycles. The molecule has 0 aromatic heterocycles. The highest BCUT2D eigenvalue weighted by atomic mass is 35.5. The number of rotatable bonds is 4. The lowest BCUT2D eigenvalue weighted by Gasteiger charge is -2.37. The average Bonchev–Trinajstić information content (AvgIpc) is 3.12. The molecule has 164 valence electrons. The molecule has 3 amide bonds. The molecule has 0 unspecified atom stereocenters. The topological polar surface area (TPSA) is 47.1 Å². The van der Waals surface area contributed by atoms with Gasteiger partial charge in [-0.05, 0) is 36.8 Å². The lowest BCUT2D eigenvalue weighted by Crippen LogP contribution is -2.51. The summed E-state index contributed by atoms with van der Waals surface area (Å²) in [6.45, 7) is 5.14. The van der Waals surface area contributed by atoms with Gasteiger partial charge < -0.3 is 14.7 Å². The number of piperazine rings is 1. The number of nitrogens with zero attached hydrogens (tertiary/aromatic N) is 4. The van der Waals surface area contributed by atoms with Crippen molar-refractivity contribution < 1.29 is 18.4 Å². The zero-order chi connectivity index (χ0) is 22.1. The lowest BCUT2D eigenvalue weighted by atomic mass is 10.1. The predicted octanol–water partition coefficient (Wildman–Crippen LogP) is 3.52. The maximum Gasteiger partial charge on any atom is 0.325 e. The van der Waals surface area contributed by atoms with E-state index in [4.69, 9.17) is 11.6 Å². The third-order valence-corrected chi connectivity index (χ3v) is 6.02. The Morgan fingerprint density at radius 2 is 1.71 bits per heavy atom. The normalized spacial score (nSPS) is 17.0. The van der Waals surface area contributed by atoms with Crippen molar-refractivity contribution in [3.8, 4) is 0 Å². The van der Waals surface area contributed by atoms with Gasteiger partial charge in [0.15, 0.2) is 11.6 Å². The van der Waals surface area contributed by atoms with Gasteiger partial charge in [-0.2, -0.15) is 0 Å². The molecule has 0 spiro atoms. The van der Waals surface area contributed by atoms with E-state index in [9.17, 15) is 18.4 Å². The highest BCUT2D eigenvalue weighted by Crippen LogP contribution is 2.26. The van der Waals surface area contributed by atoms with Crippen molar-refractivity contribution in [1.29, 1.82) is 0 Å². The van der Waals surface area contributed by atoms with E-state index in [1.165, 1.54) is 15.9 Å². The number of amides is 3. The Balaban J connectivity index is 1.33. The first kappa shape index (κ1) is 21.4. The van der Waals surface area contributed by atoms with Crippen molar-refractivity contribution in [2.75, 3.05) is 55.6 Å². The van der Waals surface area contributed by atoms with E-state index in [2.05, 4.69) is 4.90 Å². The molecule has 2 fully saturated rings. The van der Waals surface area contributed by atoms with Crippen LogP contribution in [-0.2, 0) is 4.79 Å². The maximum atomic E-state index is 13.5. The van der Waals surface area contributed by atoms with E-state index in [0.717, 1.165) is 23.4 Å². The fourth-order valence-corrected chi connectivity index (χ4v) is 4.17. The number of hydrogen-bond acceptors (Lipinski definition) is 3. The van der Waals surface area contributed by atoms with Crippen LogP contribution in [0.15, 0.2) is 36.4 Å². The standard InChI is InChI=1S/C22H23ClF2N4O2/c1-15-2-3-16(23)12-20(15)26-6-8-27(9-7-26)21(30)14-28-10-11-29(22(28)31)17-4-5-18(24)19(25)13-17/h2-5,12-13H,6-11,14H2,1H3. The minimum absolute atomic E-state index is 0.0325. The molecule has 0 aliphatic carbocycles. The van der Waals surface area contributed by atoms with Crippen LogP contribution in [0.1, 0.15) is 5.56 Å². The summed E-state index contributed by atoms with van der Waals surface area (Å²) < 4.78 is 26.7. The molecule has 2 aliphatic rings. The molecule has 0 bridgehead atoms. The van der Waals surface area contributed by atoms with E-state index in [1.54, 1.807) is 4.90 Å². The number of urea groups is 1. The second-order valence-electron chi connectivity index (χ2n) is 7.75. The fourth-order valence-electron chi connectivity index (χ4n) is 4.01. The first-order valence-corrected chi connectivity index (χ1v) is 10.5. The third-order valence-electron chi connectivity index (χ3n) is 5.78. The zero-order valence-corrected chi connectivity index (χ0v) is 17.9. The minimum Gasteiger partial charge on any atom is -0.368 e. The first-order valence-electron chi connectivity index (χ1n) is 10.1. The molecular formula is C22H23ClF2N4O2. The molecule has 4 rings (SSSR count). The number of halogens is 3. The molecular weight excluding hydrogens is 426 g/mol. The Labute approximate surface area is 184 Å². The van der Waals surface area contributed by atoms with Gasteiger partial charge in [-0.25, -0.2) is 13.6 Å². The van der Waals surface area contributed by atoms with Crippen LogP contribution in [0, 0.1) is 18.6 Å². The number of carbonyl (C=O) groups excluding carboxylic acids is 2. The monoisotopic (exact) mass is 448 g/mol. The Bertz CT molecular complexity index is 1010. The van der Waals surface area contributed by atoms with Gasteiger partial charge in [-0.1, -0.05) is 17.7 Å². The third kappa shape index (κ3) is 4.44. The maximum absolute atomic E-state index is 13.5. The van der Waals surface area contributed by atoms with Crippen LogP contribution < -0.4 is 9.80 Å². The highest BCUT2D eigenvalue weighted by molar-refractivity contribution is 6.30. The van der Waals surface area contributed by atoms with Crippen LogP contribution in [0.5, 0.6) is 0 Å². The molecule has 31 heavy (non-hydrogen) atoms. The largest absolute Gasteiger partial charge is 0.368 e. The minimum atomic E-state index is -1.01. The molecule has 0 saturated carbocycles. The quantitative estimate of drug-likeness (QED) is 0.719. The van der Waals surface area contributed by atoms with E-state index in [1.807, 2.05) is 25.1 Å². The summed E-state index contributed by atoms with van der Waals surface area (Å²) in [5.74, 6) is -2.09. The Morgan fingerprint density at radius 3 is 2.42 bits per heavy atom. The van der Waals surface area contributed by atoms with Crippen LogP contribution >= 0.6 is 11.6 Å². The number of aryl methyl sites for hydroxylation is 1. The van der Waals surface area contributed by atoms with Crippen LogP contribution in [-0.4, -0.2) is 67.6 Å². The number of benzene rings is 2. The second-order valence-corrected chi connectivity index (χ2v) is 8.19. The van der Waals surface area contributed by atoms with Gasteiger partial charge in [0.2, 0.25) is 5.91 Å². The van der Waals surface area contributed by atoms with Crippen molar-refractivity contribution in [2.45, 2.75) is 6.92 Å². The number of hydrogen-bond donors (Lipinski definition) is 0. The summed E-state index contributed by atoms with van der Waals surface area (Å²) >= 11 is 6.12. The summed E-state index contributed by atoms with van der Waals surface area (Å²) in [5, 5.41) is 0.678. The van der Waals surface area contributed by atoms with Gasteiger partial charge in [0.1, 0.15) is 6.54 Å². The van der Waals surface area contributed by atoms with Gasteiger partial charge in [-0.15, -0.1) is 0 Å². The van der Waals surface area contributed by atoms with Crippen molar-refractivity contribution in [2.24, 2.45) is 0 Å². The average molecular weight is 449 g/mol. The SMILES string of the molecule is Cc1ccc(Cl)cc1N1CCN(C(=O)CN2CCN(c3ccc(F)c(F)c3)C2=O)CC1. The van der Waals surface area contributed by atoms with Gasteiger partial charge in [-0.3, -0.25) is 9.69 Å². The van der Waals surface area contributed by atoms with Gasteiger partial charge in [0.05, 0.1) is 0 Å². The molecule has 0 N–H and O–H groups in total. The summed E-state index contributed by atoms with van der Waals surface area (Å²) in [5.41, 5.74) is 2.48. The summed E-state index contributed by atoms with van der Waals surface area (Å²) in [4.78, 5) is 32.2. The second kappa shape index (κ2) is 8.70. The smallest absolute Gasteiger partial charge is 0.325 e. The van der Waals surface area contributed by atoms with Crippen molar-refractivity contribution in [1.82, 2.24) is 9.80 Å². The Kier molecular flexibility index (Phi) is 6.00. The molecule has 2 aromatic rings. The summed E-state index contributed by atoms with van der Waals surface area (Å²) in [7, 11) is 0. The Hall–Kier alpha value is -2.87. The van der Waals surface area contributed by atoms with Crippen molar-refractivity contribution in [3.05, 3.63) is 58.6 Å². The first-order chi connectivity index (χ1) is 14.8. The number of carbonyl (C=O) groups is 2. The molecule has 9 heteroatoms. The van der Waals surface area contributed by atoms with Crippen LogP contribution in [0.4, 0.5) is 25.0 Å². The highest BCUT2D eigenvalue weighted by Gasteiger charge is 2.33. The van der Waals surface area contributed by atoms with E-state index in [0.29, 0.717) is 44.3 Å². The Morgan fingerprint density at radius 1 is 0.968 bits per heavy atom. The summed E-state index contributed by atoms with van der Waals surface area (Å²) in [6.07, 6.45) is 0. The van der Waals surface area contributed by atoms with Crippen LogP contribution in [0.3, 0.4) is 0 Å². The van der Waals surface area contributed by atoms with Crippen molar-refractivity contribution >= 4 is 34.9 Å². The molecule has 6 nitrogen and oxygen atoms in total. The molecule has 2 saturated heterocycles. The summed E-state index contributed by atoms with van der Waals surface area (Å²) in [6, 6.07) is 8.74. The van der Waals surface area contributed by atoms with E-state index < -0.39 is 11.6 Å². The molecule has 2 aliphatic heterocycles. The number of anilines is 2. The molecule has 0 radical (unpaired) electrons. The van der Waals surface area contributed by atoms with Gasteiger partial charge in [0, 0.05) is 61.7 Å². The lowest BCUT2D eigenvalue weighted by molar-refractivity contribution is -0.131. The van der Waals surface area contributed by atoms with E-state index in [-0.39, 0.29) is 24.2 Å². The molecule has 2 aromatic carbocycles. The van der Waals surface area contributed by atoms with Crippen LogP contribution in [0.25, 0.3) is 0 Å². The van der Waals surface area contributed by atoms with Gasteiger partial charge in [0.25, 0.3) is 0 Å². The fraction of sp³-hybridized carbons (Fsp3) is 0.364. The predicted molar refractivity (Wildman–Crippen MR) is 116 cm³/mol.